The van der Waals surface area contributed by atoms with E-state index in [9.17, 15) is 0 Å². The number of ether oxygens (including phenoxy) is 1. The second kappa shape index (κ2) is 5.86. The second-order valence-electron chi connectivity index (χ2n) is 5.23. The smallest absolute Gasteiger partial charge is 0.127 e. The highest BCUT2D eigenvalue weighted by Gasteiger charge is 2.18. The predicted octanol–water partition coefficient (Wildman–Crippen LogP) is 3.91. The van der Waals surface area contributed by atoms with Crippen molar-refractivity contribution in [1.29, 1.82) is 0 Å². The van der Waals surface area contributed by atoms with E-state index in [-0.39, 0.29) is 6.04 Å². The first-order valence-electron chi connectivity index (χ1n) is 6.98. The van der Waals surface area contributed by atoms with Gasteiger partial charge in [0.2, 0.25) is 0 Å². The summed E-state index contributed by atoms with van der Waals surface area (Å²) in [5, 5.41) is 0.751. The molecule has 2 aromatic carbocycles. The molecule has 2 nitrogen and oxygen atoms in total. The van der Waals surface area contributed by atoms with Crippen LogP contribution in [0.3, 0.4) is 0 Å². The molecular formula is C17H18ClNO. The van der Waals surface area contributed by atoms with Gasteiger partial charge in [-0.3, -0.25) is 0 Å². The summed E-state index contributed by atoms with van der Waals surface area (Å²) in [4.78, 5) is 0. The van der Waals surface area contributed by atoms with Crippen LogP contribution in [0.25, 0.3) is 0 Å². The molecule has 1 aliphatic rings. The van der Waals surface area contributed by atoms with Gasteiger partial charge in [-0.2, -0.15) is 0 Å². The van der Waals surface area contributed by atoms with Crippen LogP contribution in [0.15, 0.2) is 42.5 Å². The third-order valence-corrected chi connectivity index (χ3v) is 3.94. The number of fused-ring (bicyclic) bond motifs is 1. The monoisotopic (exact) mass is 287 g/mol. The van der Waals surface area contributed by atoms with Gasteiger partial charge in [0.25, 0.3) is 0 Å². The Morgan fingerprint density at radius 2 is 2.05 bits per heavy atom. The van der Waals surface area contributed by atoms with Crippen LogP contribution in [-0.2, 0) is 12.8 Å². The van der Waals surface area contributed by atoms with Gasteiger partial charge < -0.3 is 10.5 Å². The van der Waals surface area contributed by atoms with Gasteiger partial charge in [0, 0.05) is 16.6 Å². The maximum Gasteiger partial charge on any atom is 0.127 e. The first-order chi connectivity index (χ1) is 9.74. The van der Waals surface area contributed by atoms with Gasteiger partial charge in [-0.1, -0.05) is 41.9 Å². The Morgan fingerprint density at radius 1 is 1.20 bits per heavy atom. The van der Waals surface area contributed by atoms with Gasteiger partial charge in [-0.05, 0) is 42.5 Å². The average Bonchev–Trinajstić information content (AvgIpc) is 2.46. The summed E-state index contributed by atoms with van der Waals surface area (Å²) in [5.74, 6) is 0.994. The Labute approximate surface area is 124 Å². The van der Waals surface area contributed by atoms with Gasteiger partial charge in [0.05, 0.1) is 6.61 Å². The van der Waals surface area contributed by atoms with Crippen molar-refractivity contribution in [3.05, 3.63) is 64.2 Å². The molecule has 0 bridgehead atoms. The minimum atomic E-state index is -0.0680. The molecule has 0 saturated heterocycles. The van der Waals surface area contributed by atoms with E-state index in [2.05, 4.69) is 24.3 Å². The number of benzene rings is 2. The molecule has 20 heavy (non-hydrogen) atoms. The normalized spacial score (nSPS) is 15.3. The molecule has 3 rings (SSSR count). The molecule has 1 aliphatic heterocycles. The lowest BCUT2D eigenvalue weighted by Gasteiger charge is -2.23. The fourth-order valence-corrected chi connectivity index (χ4v) is 2.95. The van der Waals surface area contributed by atoms with Crippen molar-refractivity contribution in [2.24, 2.45) is 5.73 Å². The lowest BCUT2D eigenvalue weighted by atomic mass is 9.94. The summed E-state index contributed by atoms with van der Waals surface area (Å²) in [6.07, 6.45) is 2.92. The summed E-state index contributed by atoms with van der Waals surface area (Å²) < 4.78 is 5.83. The maximum absolute atomic E-state index is 6.38. The highest BCUT2D eigenvalue weighted by molar-refractivity contribution is 6.30. The third-order valence-electron chi connectivity index (χ3n) is 3.71. The van der Waals surface area contributed by atoms with E-state index in [1.54, 1.807) is 0 Å². The molecule has 0 spiro atoms. The van der Waals surface area contributed by atoms with Crippen molar-refractivity contribution in [3.8, 4) is 5.75 Å². The van der Waals surface area contributed by atoms with Crippen molar-refractivity contribution in [3.63, 3.8) is 0 Å². The minimum absolute atomic E-state index is 0.0680. The van der Waals surface area contributed by atoms with Gasteiger partial charge in [0.1, 0.15) is 5.75 Å². The second-order valence-corrected chi connectivity index (χ2v) is 5.66. The molecule has 1 atom stereocenters. The van der Waals surface area contributed by atoms with E-state index < -0.39 is 0 Å². The molecule has 0 aliphatic carbocycles. The molecule has 2 N–H and O–H groups in total. The van der Waals surface area contributed by atoms with Crippen molar-refractivity contribution in [2.75, 3.05) is 6.61 Å². The standard InChI is InChI=1S/C17H18ClNO/c18-14-7-1-4-12(10-14)11-16(19)15-8-2-5-13-6-3-9-20-17(13)15/h1-2,4-5,7-8,10,16H,3,6,9,11,19H2. The molecule has 2 aromatic rings. The SMILES string of the molecule is NC(Cc1cccc(Cl)c1)c1cccc2c1OCCC2. The fourth-order valence-electron chi connectivity index (χ4n) is 2.73. The molecule has 104 valence electrons. The van der Waals surface area contributed by atoms with E-state index in [4.69, 9.17) is 22.1 Å². The van der Waals surface area contributed by atoms with E-state index in [1.807, 2.05) is 18.2 Å². The Kier molecular flexibility index (Phi) is 3.95. The van der Waals surface area contributed by atoms with Gasteiger partial charge in [0.15, 0.2) is 0 Å². The van der Waals surface area contributed by atoms with Crippen LogP contribution in [0.4, 0.5) is 0 Å². The highest BCUT2D eigenvalue weighted by atomic mass is 35.5. The van der Waals surface area contributed by atoms with Gasteiger partial charge >= 0.3 is 0 Å². The number of para-hydroxylation sites is 1. The Morgan fingerprint density at radius 3 is 2.90 bits per heavy atom. The molecule has 0 radical (unpaired) electrons. The predicted molar refractivity (Wildman–Crippen MR) is 82.3 cm³/mol. The van der Waals surface area contributed by atoms with E-state index in [0.717, 1.165) is 47.8 Å². The topological polar surface area (TPSA) is 35.2 Å². The van der Waals surface area contributed by atoms with Gasteiger partial charge in [-0.15, -0.1) is 0 Å². The van der Waals surface area contributed by atoms with Gasteiger partial charge in [-0.25, -0.2) is 0 Å². The zero-order valence-electron chi connectivity index (χ0n) is 11.3. The van der Waals surface area contributed by atoms with Crippen LogP contribution in [0.2, 0.25) is 5.02 Å². The van der Waals surface area contributed by atoms with E-state index >= 15 is 0 Å². The zero-order valence-corrected chi connectivity index (χ0v) is 12.1. The average molecular weight is 288 g/mol. The summed E-state index contributed by atoms with van der Waals surface area (Å²) in [6.45, 7) is 0.786. The fraction of sp³-hybridized carbons (Fsp3) is 0.294. The number of nitrogens with two attached hydrogens (primary N) is 1. The molecule has 0 saturated carbocycles. The maximum atomic E-state index is 6.38. The lowest BCUT2D eigenvalue weighted by Crippen LogP contribution is -2.18. The highest BCUT2D eigenvalue weighted by Crippen LogP contribution is 2.33. The first-order valence-corrected chi connectivity index (χ1v) is 7.36. The van der Waals surface area contributed by atoms with Crippen LogP contribution in [0, 0.1) is 0 Å². The number of aryl methyl sites for hydroxylation is 1. The third kappa shape index (κ3) is 2.82. The Bertz CT molecular complexity index is 612. The number of rotatable bonds is 3. The van der Waals surface area contributed by atoms with Crippen LogP contribution < -0.4 is 10.5 Å². The Hall–Kier alpha value is -1.51. The summed E-state index contributed by atoms with van der Waals surface area (Å²) >= 11 is 6.02. The number of hydrogen-bond acceptors (Lipinski definition) is 2. The molecule has 3 heteroatoms. The quantitative estimate of drug-likeness (QED) is 0.929. The Balaban J connectivity index is 1.85. The zero-order chi connectivity index (χ0) is 13.9. The van der Waals surface area contributed by atoms with E-state index in [1.165, 1.54) is 5.56 Å². The summed E-state index contributed by atoms with van der Waals surface area (Å²) in [7, 11) is 0. The van der Waals surface area contributed by atoms with Crippen LogP contribution in [0.1, 0.15) is 29.2 Å². The van der Waals surface area contributed by atoms with Crippen LogP contribution in [-0.4, -0.2) is 6.61 Å². The molecular weight excluding hydrogens is 270 g/mol. The van der Waals surface area contributed by atoms with Crippen LogP contribution >= 0.6 is 11.6 Å². The molecule has 1 unspecified atom stereocenters. The van der Waals surface area contributed by atoms with Crippen molar-refractivity contribution in [1.82, 2.24) is 0 Å². The van der Waals surface area contributed by atoms with E-state index in [0.29, 0.717) is 0 Å². The molecule has 0 aromatic heterocycles. The first kappa shape index (κ1) is 13.5. The number of hydrogen-bond donors (Lipinski definition) is 1. The summed E-state index contributed by atoms with van der Waals surface area (Å²) in [5.41, 5.74) is 9.90. The molecule has 1 heterocycles. The largest absolute Gasteiger partial charge is 0.493 e. The van der Waals surface area contributed by atoms with Crippen molar-refractivity contribution < 1.29 is 4.74 Å². The summed E-state index contributed by atoms with van der Waals surface area (Å²) in [6, 6.07) is 14.1. The van der Waals surface area contributed by atoms with Crippen LogP contribution in [0.5, 0.6) is 5.75 Å². The molecule has 0 amide bonds. The number of halogens is 1. The lowest BCUT2D eigenvalue weighted by molar-refractivity contribution is 0.283. The van der Waals surface area contributed by atoms with Crippen molar-refractivity contribution in [2.45, 2.75) is 25.3 Å². The van der Waals surface area contributed by atoms with Crippen molar-refractivity contribution >= 4 is 11.6 Å². The molecule has 0 fully saturated rings. The minimum Gasteiger partial charge on any atom is -0.493 e.